The summed E-state index contributed by atoms with van der Waals surface area (Å²) in [6.07, 6.45) is 4.93. The van der Waals surface area contributed by atoms with Crippen molar-refractivity contribution in [3.8, 4) is 5.75 Å². The Morgan fingerprint density at radius 3 is 3.00 bits per heavy atom. The van der Waals surface area contributed by atoms with Gasteiger partial charge in [0, 0.05) is 6.07 Å². The molecule has 1 aliphatic rings. The molecule has 2 aromatic heterocycles. The molecule has 0 unspecified atom stereocenters. The molecule has 3 rings (SSSR count). The van der Waals surface area contributed by atoms with Crippen molar-refractivity contribution < 1.29 is 13.9 Å². The van der Waals surface area contributed by atoms with E-state index in [-0.39, 0.29) is 11.8 Å². The predicted molar refractivity (Wildman–Crippen MR) is 76.9 cm³/mol. The Labute approximate surface area is 122 Å². The lowest BCUT2D eigenvalue weighted by molar-refractivity contribution is 0.0865. The summed E-state index contributed by atoms with van der Waals surface area (Å²) in [5, 5.41) is 9.25. The second-order valence-corrected chi connectivity index (χ2v) is 5.73. The van der Waals surface area contributed by atoms with E-state index in [2.05, 4.69) is 11.8 Å². The van der Waals surface area contributed by atoms with E-state index in [1.54, 1.807) is 6.26 Å². The van der Waals surface area contributed by atoms with Gasteiger partial charge in [0.15, 0.2) is 5.75 Å². The highest BCUT2D eigenvalue weighted by molar-refractivity contribution is 5.16. The Balaban J connectivity index is 1.81. The summed E-state index contributed by atoms with van der Waals surface area (Å²) in [5.74, 6) is 1.79. The van der Waals surface area contributed by atoms with Gasteiger partial charge in [0.1, 0.15) is 17.8 Å². The molecule has 5 nitrogen and oxygen atoms in total. The van der Waals surface area contributed by atoms with E-state index in [1.165, 1.54) is 6.07 Å². The lowest BCUT2D eigenvalue weighted by atomic mass is 9.91. The summed E-state index contributed by atoms with van der Waals surface area (Å²) in [6.45, 7) is 3.71. The van der Waals surface area contributed by atoms with E-state index in [1.807, 2.05) is 12.1 Å². The Morgan fingerprint density at radius 1 is 1.43 bits per heavy atom. The highest BCUT2D eigenvalue weighted by Crippen LogP contribution is 2.35. The van der Waals surface area contributed by atoms with E-state index in [0.717, 1.165) is 31.4 Å². The Morgan fingerprint density at radius 2 is 2.29 bits per heavy atom. The van der Waals surface area contributed by atoms with Gasteiger partial charge in [-0.05, 0) is 37.4 Å². The number of piperidine rings is 1. The summed E-state index contributed by atoms with van der Waals surface area (Å²) in [7, 11) is 0. The number of rotatable bonds is 3. The van der Waals surface area contributed by atoms with Gasteiger partial charge in [0.25, 0.3) is 0 Å². The number of hydrogen-bond acceptors (Lipinski definition) is 5. The molecule has 0 radical (unpaired) electrons. The Kier molecular flexibility index (Phi) is 3.84. The minimum absolute atomic E-state index is 0.197. The lowest BCUT2D eigenvalue weighted by Crippen LogP contribution is -2.35. The molecule has 1 N–H and O–H groups in total. The molecule has 1 fully saturated rings. The van der Waals surface area contributed by atoms with Gasteiger partial charge < -0.3 is 13.9 Å². The van der Waals surface area contributed by atoms with Crippen LogP contribution in [0.2, 0.25) is 0 Å². The molecule has 0 spiro atoms. The van der Waals surface area contributed by atoms with E-state index < -0.39 is 5.43 Å². The van der Waals surface area contributed by atoms with Crippen LogP contribution in [0.25, 0.3) is 0 Å². The highest BCUT2D eigenvalue weighted by Gasteiger charge is 2.30. The second kappa shape index (κ2) is 5.77. The third-order valence-electron chi connectivity index (χ3n) is 4.07. The van der Waals surface area contributed by atoms with E-state index >= 15 is 0 Å². The van der Waals surface area contributed by atoms with Gasteiger partial charge in [-0.2, -0.15) is 0 Å². The van der Waals surface area contributed by atoms with Crippen molar-refractivity contribution in [2.24, 2.45) is 5.92 Å². The molecule has 0 aliphatic carbocycles. The van der Waals surface area contributed by atoms with Crippen LogP contribution >= 0.6 is 0 Å². The molecule has 0 amide bonds. The quantitative estimate of drug-likeness (QED) is 0.941. The van der Waals surface area contributed by atoms with Crippen molar-refractivity contribution in [1.29, 1.82) is 0 Å². The zero-order chi connectivity index (χ0) is 14.8. The number of furan rings is 1. The van der Waals surface area contributed by atoms with Crippen LogP contribution < -0.4 is 5.43 Å². The molecule has 2 aromatic rings. The van der Waals surface area contributed by atoms with Crippen molar-refractivity contribution in [3.63, 3.8) is 0 Å². The van der Waals surface area contributed by atoms with Crippen LogP contribution in [-0.4, -0.2) is 16.6 Å². The zero-order valence-corrected chi connectivity index (χ0v) is 12.0. The van der Waals surface area contributed by atoms with Crippen LogP contribution in [0.3, 0.4) is 0 Å². The average Bonchev–Trinajstić information content (AvgIpc) is 2.99. The first-order valence-corrected chi connectivity index (χ1v) is 7.21. The SMILES string of the molecule is C[C@@H]1CCN(Cc2cc(=O)c(O)co2)[C@H](c2ccco2)C1. The molecule has 3 heterocycles. The molecular formula is C16H19NO4. The maximum absolute atomic E-state index is 11.5. The van der Waals surface area contributed by atoms with Gasteiger partial charge in [-0.25, -0.2) is 0 Å². The molecule has 112 valence electrons. The van der Waals surface area contributed by atoms with Crippen molar-refractivity contribution in [1.82, 2.24) is 4.90 Å². The van der Waals surface area contributed by atoms with Crippen molar-refractivity contribution >= 4 is 0 Å². The Hall–Kier alpha value is -2.01. The fourth-order valence-corrected chi connectivity index (χ4v) is 2.88. The van der Waals surface area contributed by atoms with Crippen LogP contribution in [0.15, 0.2) is 44.4 Å². The fourth-order valence-electron chi connectivity index (χ4n) is 2.88. The van der Waals surface area contributed by atoms with Gasteiger partial charge in [-0.15, -0.1) is 0 Å². The van der Waals surface area contributed by atoms with Gasteiger partial charge in [-0.3, -0.25) is 9.69 Å². The smallest absolute Gasteiger partial charge is 0.226 e. The fraction of sp³-hybridized carbons (Fsp3) is 0.438. The monoisotopic (exact) mass is 289 g/mol. The van der Waals surface area contributed by atoms with E-state index in [9.17, 15) is 9.90 Å². The van der Waals surface area contributed by atoms with Gasteiger partial charge in [0.2, 0.25) is 5.43 Å². The van der Waals surface area contributed by atoms with Crippen LogP contribution in [0.4, 0.5) is 0 Å². The van der Waals surface area contributed by atoms with Gasteiger partial charge in [-0.1, -0.05) is 6.92 Å². The van der Waals surface area contributed by atoms with Crippen LogP contribution in [0.5, 0.6) is 5.75 Å². The topological polar surface area (TPSA) is 66.8 Å². The van der Waals surface area contributed by atoms with Crippen LogP contribution in [-0.2, 0) is 6.54 Å². The van der Waals surface area contributed by atoms with E-state index in [4.69, 9.17) is 8.83 Å². The first-order chi connectivity index (χ1) is 10.1. The summed E-state index contributed by atoms with van der Waals surface area (Å²) < 4.78 is 10.9. The lowest BCUT2D eigenvalue weighted by Gasteiger charge is -2.36. The third-order valence-corrected chi connectivity index (χ3v) is 4.07. The first kappa shape index (κ1) is 13.9. The molecular weight excluding hydrogens is 270 g/mol. The molecule has 0 saturated carbocycles. The zero-order valence-electron chi connectivity index (χ0n) is 12.0. The van der Waals surface area contributed by atoms with Crippen molar-refractivity contribution in [3.05, 3.63) is 52.5 Å². The van der Waals surface area contributed by atoms with Crippen molar-refractivity contribution in [2.75, 3.05) is 6.54 Å². The number of aromatic hydroxyl groups is 1. The van der Waals surface area contributed by atoms with Crippen molar-refractivity contribution in [2.45, 2.75) is 32.4 Å². The molecule has 2 atom stereocenters. The summed E-state index contributed by atoms with van der Waals surface area (Å²) in [6, 6.07) is 5.44. The largest absolute Gasteiger partial charge is 0.502 e. The minimum atomic E-state index is -0.406. The maximum atomic E-state index is 11.5. The van der Waals surface area contributed by atoms with Gasteiger partial charge in [0.05, 0.1) is 18.8 Å². The number of likely N-dealkylation sites (tertiary alicyclic amines) is 1. The summed E-state index contributed by atoms with van der Waals surface area (Å²) in [4.78, 5) is 13.8. The minimum Gasteiger partial charge on any atom is -0.502 e. The average molecular weight is 289 g/mol. The normalized spacial score (nSPS) is 23.3. The number of hydrogen-bond donors (Lipinski definition) is 1. The maximum Gasteiger partial charge on any atom is 0.226 e. The second-order valence-electron chi connectivity index (χ2n) is 5.73. The molecule has 0 aromatic carbocycles. The number of nitrogens with zero attached hydrogens (tertiary/aromatic N) is 1. The summed E-state index contributed by atoms with van der Waals surface area (Å²) >= 11 is 0. The highest BCUT2D eigenvalue weighted by atomic mass is 16.4. The van der Waals surface area contributed by atoms with Gasteiger partial charge >= 0.3 is 0 Å². The molecule has 1 saturated heterocycles. The summed E-state index contributed by atoms with van der Waals surface area (Å²) in [5.41, 5.74) is -0.406. The third kappa shape index (κ3) is 3.03. The van der Waals surface area contributed by atoms with Crippen LogP contribution in [0.1, 0.15) is 37.3 Å². The predicted octanol–water partition coefficient (Wildman–Crippen LogP) is 2.91. The molecule has 5 heteroatoms. The van der Waals surface area contributed by atoms with Crippen LogP contribution in [0, 0.1) is 5.92 Å². The molecule has 1 aliphatic heterocycles. The standard InChI is InChI=1S/C16H19NO4/c1-11-4-5-17(13(7-11)16-3-2-6-20-16)9-12-8-14(18)15(19)10-21-12/h2-3,6,8,10-11,13,19H,4-5,7,9H2,1H3/t11-,13+/m1/s1. The Bertz CT molecular complexity index is 647. The molecule has 0 bridgehead atoms. The molecule has 21 heavy (non-hydrogen) atoms. The first-order valence-electron chi connectivity index (χ1n) is 7.21. The van der Waals surface area contributed by atoms with E-state index in [0.29, 0.717) is 18.2 Å².